The van der Waals surface area contributed by atoms with Crippen molar-refractivity contribution in [1.82, 2.24) is 0 Å². The maximum atomic E-state index is 8.15. The lowest BCUT2D eigenvalue weighted by molar-refractivity contribution is 0.305. The Morgan fingerprint density at radius 2 is 2.14 bits per heavy atom. The summed E-state index contributed by atoms with van der Waals surface area (Å²) in [5, 5.41) is 8.15. The second-order valence-electron chi connectivity index (χ2n) is 1.03. The fourth-order valence-electron chi connectivity index (χ4n) is 0.216. The molecule has 0 saturated carbocycles. The van der Waals surface area contributed by atoms with E-state index in [0.717, 1.165) is 0 Å². The molecular formula is C5H9NO. The molecule has 7 heavy (non-hydrogen) atoms. The van der Waals surface area contributed by atoms with Gasteiger partial charge in [0, 0.05) is 6.42 Å². The molecule has 3 N–H and O–H groups in total. The van der Waals surface area contributed by atoms with Gasteiger partial charge in [0.15, 0.2) is 0 Å². The van der Waals surface area contributed by atoms with Gasteiger partial charge in [-0.05, 0) is 0 Å². The van der Waals surface area contributed by atoms with Crippen LogP contribution in [0.1, 0.15) is 6.42 Å². The first-order chi connectivity index (χ1) is 3.41. The van der Waals surface area contributed by atoms with E-state index in [9.17, 15) is 0 Å². The zero-order valence-electron chi connectivity index (χ0n) is 4.15. The average molecular weight is 99.1 g/mol. The van der Waals surface area contributed by atoms with Crippen molar-refractivity contribution in [2.75, 3.05) is 13.2 Å². The van der Waals surface area contributed by atoms with Gasteiger partial charge in [-0.15, -0.1) is 0 Å². The maximum absolute atomic E-state index is 8.15. The summed E-state index contributed by atoms with van der Waals surface area (Å²) >= 11 is 0. The number of hydrogen-bond donors (Lipinski definition) is 2. The van der Waals surface area contributed by atoms with E-state index in [1.807, 2.05) is 0 Å². The zero-order valence-corrected chi connectivity index (χ0v) is 4.15. The quantitative estimate of drug-likeness (QED) is 0.428. The first-order valence-corrected chi connectivity index (χ1v) is 2.18. The highest BCUT2D eigenvalue weighted by atomic mass is 16.2. The van der Waals surface area contributed by atoms with E-state index in [1.165, 1.54) is 0 Å². The minimum Gasteiger partial charge on any atom is -0.395 e. The van der Waals surface area contributed by atoms with Gasteiger partial charge < -0.3 is 10.8 Å². The lowest BCUT2D eigenvalue weighted by atomic mass is 10.4. The van der Waals surface area contributed by atoms with Gasteiger partial charge in [0.2, 0.25) is 0 Å². The highest BCUT2D eigenvalue weighted by molar-refractivity contribution is 4.99. The lowest BCUT2D eigenvalue weighted by Crippen LogP contribution is -1.92. The second-order valence-corrected chi connectivity index (χ2v) is 1.03. The molecule has 40 valence electrons. The molecule has 0 saturated heterocycles. The first kappa shape index (κ1) is 6.48. The van der Waals surface area contributed by atoms with Crippen molar-refractivity contribution in [2.45, 2.75) is 6.42 Å². The Bertz CT molecular complexity index is 79.8. The number of nitrogens with two attached hydrogens (primary N) is 1. The van der Waals surface area contributed by atoms with Gasteiger partial charge in [0.25, 0.3) is 0 Å². The van der Waals surface area contributed by atoms with Gasteiger partial charge in [0.1, 0.15) is 0 Å². The number of rotatable bonds is 1. The van der Waals surface area contributed by atoms with Crippen molar-refractivity contribution in [3.8, 4) is 11.8 Å². The largest absolute Gasteiger partial charge is 0.395 e. The Kier molecular flexibility index (Phi) is 5.07. The number of aliphatic hydroxyl groups is 1. The minimum absolute atomic E-state index is 0.132. The molecule has 0 amide bonds. The lowest BCUT2D eigenvalue weighted by Gasteiger charge is -1.74. The number of aliphatic hydroxyl groups excluding tert-OH is 1. The number of hydrogen-bond acceptors (Lipinski definition) is 2. The van der Waals surface area contributed by atoms with Crippen molar-refractivity contribution in [3.63, 3.8) is 0 Å². The van der Waals surface area contributed by atoms with E-state index >= 15 is 0 Å². The maximum Gasteiger partial charge on any atom is 0.0551 e. The van der Waals surface area contributed by atoms with Gasteiger partial charge >= 0.3 is 0 Å². The summed E-state index contributed by atoms with van der Waals surface area (Å²) in [6, 6.07) is 0. The fraction of sp³-hybridized carbons (Fsp3) is 0.600. The fourth-order valence-corrected chi connectivity index (χ4v) is 0.216. The van der Waals surface area contributed by atoms with Crippen LogP contribution >= 0.6 is 0 Å². The van der Waals surface area contributed by atoms with E-state index in [4.69, 9.17) is 10.8 Å². The standard InChI is InChI=1S/C5H9NO/c6-4-2-1-3-5-7/h7H,3-6H2. The zero-order chi connectivity index (χ0) is 5.54. The summed E-state index contributed by atoms with van der Waals surface area (Å²) in [6.07, 6.45) is 0.539. The molecule has 0 unspecified atom stereocenters. The van der Waals surface area contributed by atoms with Crippen LogP contribution in [0, 0.1) is 11.8 Å². The van der Waals surface area contributed by atoms with E-state index in [2.05, 4.69) is 11.8 Å². The van der Waals surface area contributed by atoms with Crippen LogP contribution in [-0.2, 0) is 0 Å². The molecule has 0 fully saturated rings. The van der Waals surface area contributed by atoms with Gasteiger partial charge in [-0.2, -0.15) is 0 Å². The molecule has 0 rings (SSSR count). The minimum atomic E-state index is 0.132. The Balaban J connectivity index is 2.91. The van der Waals surface area contributed by atoms with E-state index in [0.29, 0.717) is 13.0 Å². The summed E-state index contributed by atoms with van der Waals surface area (Å²) in [4.78, 5) is 0. The van der Waals surface area contributed by atoms with Crippen LogP contribution in [0.3, 0.4) is 0 Å². The third-order valence-electron chi connectivity index (χ3n) is 0.464. The predicted molar refractivity (Wildman–Crippen MR) is 28.5 cm³/mol. The molecule has 0 spiro atoms. The van der Waals surface area contributed by atoms with Gasteiger partial charge in [0.05, 0.1) is 13.2 Å². The smallest absolute Gasteiger partial charge is 0.0551 e. The van der Waals surface area contributed by atoms with Crippen LogP contribution in [0.15, 0.2) is 0 Å². The molecule has 0 radical (unpaired) electrons. The second kappa shape index (κ2) is 5.48. The highest BCUT2D eigenvalue weighted by Gasteiger charge is 1.66. The van der Waals surface area contributed by atoms with Crippen LogP contribution < -0.4 is 5.73 Å². The Labute approximate surface area is 43.3 Å². The van der Waals surface area contributed by atoms with E-state index in [1.54, 1.807) is 0 Å². The van der Waals surface area contributed by atoms with Crippen molar-refractivity contribution in [3.05, 3.63) is 0 Å². The highest BCUT2D eigenvalue weighted by Crippen LogP contribution is 1.66. The van der Waals surface area contributed by atoms with Crippen LogP contribution in [0.2, 0.25) is 0 Å². The van der Waals surface area contributed by atoms with Gasteiger partial charge in [-0.25, -0.2) is 0 Å². The summed E-state index contributed by atoms with van der Waals surface area (Å²) in [6.45, 7) is 0.521. The summed E-state index contributed by atoms with van der Waals surface area (Å²) in [5.41, 5.74) is 5.01. The normalized spacial score (nSPS) is 7.14. The molecule has 2 nitrogen and oxygen atoms in total. The van der Waals surface area contributed by atoms with Crippen molar-refractivity contribution in [2.24, 2.45) is 5.73 Å². The van der Waals surface area contributed by atoms with Crippen LogP contribution in [0.4, 0.5) is 0 Å². The Morgan fingerprint density at radius 1 is 1.43 bits per heavy atom. The SMILES string of the molecule is NCC#CCCO. The van der Waals surface area contributed by atoms with E-state index in [-0.39, 0.29) is 6.61 Å². The summed E-state index contributed by atoms with van der Waals surface area (Å²) < 4.78 is 0. The van der Waals surface area contributed by atoms with Gasteiger partial charge in [-0.1, -0.05) is 11.8 Å². The Morgan fingerprint density at radius 3 is 2.57 bits per heavy atom. The molecule has 0 aromatic rings. The summed E-state index contributed by atoms with van der Waals surface area (Å²) in [7, 11) is 0. The predicted octanol–water partition coefficient (Wildman–Crippen LogP) is -0.669. The molecular weight excluding hydrogens is 90.1 g/mol. The van der Waals surface area contributed by atoms with E-state index < -0.39 is 0 Å². The van der Waals surface area contributed by atoms with Crippen LogP contribution in [0.25, 0.3) is 0 Å². The molecule has 0 aliphatic carbocycles. The molecule has 0 aliphatic rings. The first-order valence-electron chi connectivity index (χ1n) is 2.18. The molecule has 0 atom stereocenters. The Hall–Kier alpha value is -0.520. The molecule has 2 heteroatoms. The molecule has 0 bridgehead atoms. The topological polar surface area (TPSA) is 46.2 Å². The van der Waals surface area contributed by atoms with Crippen molar-refractivity contribution in [1.29, 1.82) is 0 Å². The molecule has 0 aromatic carbocycles. The molecule has 0 aliphatic heterocycles. The summed E-state index contributed by atoms with van der Waals surface area (Å²) in [5.74, 6) is 5.28. The third kappa shape index (κ3) is 5.48. The van der Waals surface area contributed by atoms with Crippen molar-refractivity contribution >= 4 is 0 Å². The van der Waals surface area contributed by atoms with Crippen molar-refractivity contribution < 1.29 is 5.11 Å². The van der Waals surface area contributed by atoms with Gasteiger partial charge in [-0.3, -0.25) is 0 Å². The molecule has 0 heterocycles. The average Bonchev–Trinajstić information content (AvgIpc) is 1.69. The molecule has 0 aromatic heterocycles. The third-order valence-corrected chi connectivity index (χ3v) is 0.464. The van der Waals surface area contributed by atoms with Crippen LogP contribution in [0.5, 0.6) is 0 Å². The monoisotopic (exact) mass is 99.1 g/mol. The van der Waals surface area contributed by atoms with Crippen LogP contribution in [-0.4, -0.2) is 18.3 Å².